The fourth-order valence-electron chi connectivity index (χ4n) is 1.84. The van der Waals surface area contributed by atoms with Gasteiger partial charge in [-0.1, -0.05) is 13.8 Å². The van der Waals surface area contributed by atoms with Gasteiger partial charge in [0.05, 0.1) is 0 Å². The molecule has 1 rings (SSSR count). The zero-order valence-corrected chi connectivity index (χ0v) is 12.6. The van der Waals surface area contributed by atoms with Crippen LogP contribution < -0.4 is 10.6 Å². The number of hydrogen-bond acceptors (Lipinski definition) is 5. The Hall–Kier alpha value is -0.970. The third-order valence-electron chi connectivity index (χ3n) is 3.34. The smallest absolute Gasteiger partial charge is 0.131 e. The summed E-state index contributed by atoms with van der Waals surface area (Å²) in [5.74, 6) is 1.76. The van der Waals surface area contributed by atoms with Gasteiger partial charge < -0.3 is 10.6 Å². The molecule has 5 heteroatoms. The minimum atomic E-state index is 0.295. The second-order valence-corrected chi connectivity index (χ2v) is 5.54. The maximum absolute atomic E-state index is 4.26. The monoisotopic (exact) mass is 268 g/mol. The van der Waals surface area contributed by atoms with Gasteiger partial charge in [0.1, 0.15) is 18.0 Å². The van der Waals surface area contributed by atoms with E-state index in [1.165, 1.54) is 0 Å². The Morgan fingerprint density at radius 3 is 2.22 bits per heavy atom. The molecule has 0 atom stereocenters. The Labute approximate surface area is 114 Å². The fraction of sp³-hybridized carbons (Fsp3) is 0.692. The molecular formula is C13H24N4S. The minimum absolute atomic E-state index is 0.295. The third kappa shape index (κ3) is 4.05. The van der Waals surface area contributed by atoms with E-state index >= 15 is 0 Å². The van der Waals surface area contributed by atoms with Gasteiger partial charge in [-0.05, 0) is 26.0 Å². The molecule has 0 aliphatic rings. The lowest BCUT2D eigenvalue weighted by molar-refractivity contribution is 0.574. The summed E-state index contributed by atoms with van der Waals surface area (Å²) in [6.07, 6.45) is 6.09. The minimum Gasteiger partial charge on any atom is -0.370 e. The van der Waals surface area contributed by atoms with Crippen LogP contribution in [0.1, 0.15) is 33.6 Å². The van der Waals surface area contributed by atoms with E-state index in [9.17, 15) is 0 Å². The highest BCUT2D eigenvalue weighted by Gasteiger charge is 2.24. The first kappa shape index (κ1) is 15.1. The lowest BCUT2D eigenvalue weighted by Crippen LogP contribution is -2.32. The molecule has 0 fully saturated rings. The summed E-state index contributed by atoms with van der Waals surface area (Å²) in [5.41, 5.74) is 0. The van der Waals surface area contributed by atoms with Gasteiger partial charge in [-0.15, -0.1) is 0 Å². The van der Waals surface area contributed by atoms with E-state index in [2.05, 4.69) is 47.6 Å². The van der Waals surface area contributed by atoms with Crippen molar-refractivity contribution in [3.8, 4) is 0 Å². The Morgan fingerprint density at radius 1 is 1.11 bits per heavy atom. The van der Waals surface area contributed by atoms with E-state index in [-0.39, 0.29) is 0 Å². The number of aromatic nitrogens is 2. The van der Waals surface area contributed by atoms with E-state index in [1.54, 1.807) is 6.33 Å². The van der Waals surface area contributed by atoms with E-state index in [1.807, 2.05) is 17.8 Å². The number of anilines is 2. The quantitative estimate of drug-likeness (QED) is 0.758. The zero-order chi connectivity index (χ0) is 13.4. The zero-order valence-electron chi connectivity index (χ0n) is 11.8. The Morgan fingerprint density at radius 2 is 1.72 bits per heavy atom. The summed E-state index contributed by atoms with van der Waals surface area (Å²) in [5, 5.41) is 6.62. The third-order valence-corrected chi connectivity index (χ3v) is 4.93. The van der Waals surface area contributed by atoms with Gasteiger partial charge in [0.2, 0.25) is 0 Å². The van der Waals surface area contributed by atoms with Gasteiger partial charge >= 0.3 is 0 Å². The van der Waals surface area contributed by atoms with Crippen LogP contribution in [0.25, 0.3) is 0 Å². The van der Waals surface area contributed by atoms with Crippen molar-refractivity contribution in [3.63, 3.8) is 0 Å². The number of rotatable bonds is 8. The van der Waals surface area contributed by atoms with E-state index < -0.39 is 0 Å². The molecule has 0 aliphatic heterocycles. The maximum Gasteiger partial charge on any atom is 0.131 e. The Bertz CT molecular complexity index is 344. The van der Waals surface area contributed by atoms with Gasteiger partial charge in [0.25, 0.3) is 0 Å². The van der Waals surface area contributed by atoms with Gasteiger partial charge in [0, 0.05) is 23.9 Å². The van der Waals surface area contributed by atoms with Crippen LogP contribution in [0, 0.1) is 0 Å². The first-order valence-electron chi connectivity index (χ1n) is 6.54. The van der Waals surface area contributed by atoms with Crippen LogP contribution in [0.3, 0.4) is 0 Å². The maximum atomic E-state index is 4.26. The van der Waals surface area contributed by atoms with E-state index in [4.69, 9.17) is 0 Å². The SMILES string of the molecule is CCNc1cc(NCC(CC)(CC)SC)ncn1. The predicted molar refractivity (Wildman–Crippen MR) is 81.5 cm³/mol. The van der Waals surface area contributed by atoms with Gasteiger partial charge in [-0.3, -0.25) is 0 Å². The molecular weight excluding hydrogens is 244 g/mol. The molecule has 4 nitrogen and oxygen atoms in total. The van der Waals surface area contributed by atoms with Crippen LogP contribution in [0.15, 0.2) is 12.4 Å². The molecule has 18 heavy (non-hydrogen) atoms. The molecule has 2 N–H and O–H groups in total. The van der Waals surface area contributed by atoms with E-state index in [0.717, 1.165) is 37.6 Å². The van der Waals surface area contributed by atoms with Crippen LogP contribution in [-0.4, -0.2) is 34.1 Å². The Kier molecular flexibility index (Phi) is 6.25. The topological polar surface area (TPSA) is 49.8 Å². The highest BCUT2D eigenvalue weighted by molar-refractivity contribution is 8.00. The van der Waals surface area contributed by atoms with Crippen molar-refractivity contribution in [2.24, 2.45) is 0 Å². The molecule has 0 aromatic carbocycles. The average Bonchev–Trinajstić information content (AvgIpc) is 2.42. The first-order valence-corrected chi connectivity index (χ1v) is 7.77. The molecule has 1 aromatic rings. The van der Waals surface area contributed by atoms with Crippen molar-refractivity contribution >= 4 is 23.4 Å². The largest absolute Gasteiger partial charge is 0.370 e. The number of nitrogens with one attached hydrogen (secondary N) is 2. The highest BCUT2D eigenvalue weighted by Crippen LogP contribution is 2.30. The van der Waals surface area contributed by atoms with Crippen molar-refractivity contribution in [2.75, 3.05) is 30.0 Å². The summed E-state index contributed by atoms with van der Waals surface area (Å²) >= 11 is 1.93. The lowest BCUT2D eigenvalue weighted by atomic mass is 10.0. The lowest BCUT2D eigenvalue weighted by Gasteiger charge is -2.30. The van der Waals surface area contributed by atoms with Crippen LogP contribution >= 0.6 is 11.8 Å². The van der Waals surface area contributed by atoms with Gasteiger partial charge in [-0.2, -0.15) is 11.8 Å². The molecule has 0 radical (unpaired) electrons. The molecule has 102 valence electrons. The molecule has 1 aromatic heterocycles. The first-order chi connectivity index (χ1) is 8.69. The number of thioether (sulfide) groups is 1. The van der Waals surface area contributed by atoms with Gasteiger partial charge in [-0.25, -0.2) is 9.97 Å². The van der Waals surface area contributed by atoms with Crippen molar-refractivity contribution in [1.82, 2.24) is 9.97 Å². The molecule has 0 unspecified atom stereocenters. The van der Waals surface area contributed by atoms with Crippen LogP contribution in [0.5, 0.6) is 0 Å². The second-order valence-electron chi connectivity index (χ2n) is 4.27. The number of hydrogen-bond donors (Lipinski definition) is 2. The molecule has 0 amide bonds. The fourth-order valence-corrected chi connectivity index (χ4v) is 2.64. The van der Waals surface area contributed by atoms with Crippen LogP contribution in [-0.2, 0) is 0 Å². The molecule has 0 spiro atoms. The summed E-state index contributed by atoms with van der Waals surface area (Å²) < 4.78 is 0.295. The van der Waals surface area contributed by atoms with E-state index in [0.29, 0.717) is 4.75 Å². The molecule has 0 bridgehead atoms. The summed E-state index contributed by atoms with van der Waals surface area (Å²) in [6, 6.07) is 1.96. The van der Waals surface area contributed by atoms with Gasteiger partial charge in [0.15, 0.2) is 0 Å². The average molecular weight is 268 g/mol. The molecule has 0 aliphatic carbocycles. The Balaban J connectivity index is 2.64. The van der Waals surface area contributed by atoms with Crippen molar-refractivity contribution < 1.29 is 0 Å². The highest BCUT2D eigenvalue weighted by atomic mass is 32.2. The second kappa shape index (κ2) is 7.46. The summed E-state index contributed by atoms with van der Waals surface area (Å²) in [4.78, 5) is 8.42. The predicted octanol–water partition coefficient (Wildman–Crippen LogP) is 3.24. The molecule has 1 heterocycles. The number of nitrogens with zero attached hydrogens (tertiary/aromatic N) is 2. The normalized spacial score (nSPS) is 11.3. The standard InChI is InChI=1S/C13H24N4S/c1-5-13(6-2,18-4)9-15-12-8-11(14-7-3)16-10-17-12/h8,10H,5-7,9H2,1-4H3,(H2,14,15,16,17). The van der Waals surface area contributed by atoms with Crippen LogP contribution in [0.2, 0.25) is 0 Å². The summed E-state index contributed by atoms with van der Waals surface area (Å²) in [6.45, 7) is 8.35. The molecule has 0 saturated carbocycles. The summed E-state index contributed by atoms with van der Waals surface area (Å²) in [7, 11) is 0. The van der Waals surface area contributed by atoms with Crippen LogP contribution in [0.4, 0.5) is 11.6 Å². The molecule has 0 saturated heterocycles. The van der Waals surface area contributed by atoms with Crippen molar-refractivity contribution in [3.05, 3.63) is 12.4 Å². The van der Waals surface area contributed by atoms with Crippen molar-refractivity contribution in [1.29, 1.82) is 0 Å². The van der Waals surface area contributed by atoms with Crippen molar-refractivity contribution in [2.45, 2.75) is 38.4 Å².